The van der Waals surface area contributed by atoms with Crippen molar-refractivity contribution in [3.05, 3.63) is 93.5 Å². The molecule has 8 heteroatoms. The zero-order chi connectivity index (χ0) is 22.9. The minimum Gasteiger partial charge on any atom is -0.332 e. The predicted molar refractivity (Wildman–Crippen MR) is 131 cm³/mol. The van der Waals surface area contributed by atoms with Crippen molar-refractivity contribution in [2.45, 2.75) is 24.4 Å². The van der Waals surface area contributed by atoms with Crippen LogP contribution < -0.4 is 10.9 Å². The summed E-state index contributed by atoms with van der Waals surface area (Å²) in [7, 11) is 1.91. The molecule has 0 radical (unpaired) electrons. The quantitative estimate of drug-likeness (QED) is 0.462. The SMILES string of the molecule is CSc1cccc(NC(=O)c2cnn3c(=O)c4c(n(C)c23)CCN(Cc2ccccc2)C4)c1. The number of anilines is 1. The number of aromatic nitrogens is 3. The minimum atomic E-state index is -0.278. The van der Waals surface area contributed by atoms with E-state index in [0.29, 0.717) is 23.4 Å². The second-order valence-electron chi connectivity index (χ2n) is 8.22. The molecule has 0 saturated carbocycles. The average molecular weight is 460 g/mol. The molecule has 0 fully saturated rings. The van der Waals surface area contributed by atoms with Crippen LogP contribution in [-0.4, -0.2) is 37.8 Å². The summed E-state index contributed by atoms with van der Waals surface area (Å²) >= 11 is 1.61. The van der Waals surface area contributed by atoms with Crippen molar-refractivity contribution in [2.24, 2.45) is 7.05 Å². The third-order valence-corrected chi connectivity index (χ3v) is 6.86. The molecule has 4 aromatic rings. The maximum atomic E-state index is 13.3. The Balaban J connectivity index is 1.46. The number of hydrogen-bond donors (Lipinski definition) is 1. The zero-order valence-corrected chi connectivity index (χ0v) is 19.4. The van der Waals surface area contributed by atoms with E-state index < -0.39 is 0 Å². The normalized spacial score (nSPS) is 13.8. The van der Waals surface area contributed by atoms with E-state index in [1.54, 1.807) is 11.8 Å². The molecule has 0 saturated heterocycles. The lowest BCUT2D eigenvalue weighted by Gasteiger charge is -2.29. The summed E-state index contributed by atoms with van der Waals surface area (Å²) in [6.07, 6.45) is 4.22. The van der Waals surface area contributed by atoms with Gasteiger partial charge in [-0.3, -0.25) is 14.5 Å². The summed E-state index contributed by atoms with van der Waals surface area (Å²) in [6.45, 7) is 2.21. The lowest BCUT2D eigenvalue weighted by molar-refractivity contribution is 0.102. The predicted octanol–water partition coefficient (Wildman–Crippen LogP) is 3.57. The molecule has 1 N–H and O–H groups in total. The van der Waals surface area contributed by atoms with E-state index in [2.05, 4.69) is 27.4 Å². The van der Waals surface area contributed by atoms with E-state index in [0.717, 1.165) is 35.7 Å². The van der Waals surface area contributed by atoms with Crippen LogP contribution in [0, 0.1) is 0 Å². The van der Waals surface area contributed by atoms with Gasteiger partial charge in [-0.15, -0.1) is 11.8 Å². The van der Waals surface area contributed by atoms with Gasteiger partial charge in [-0.2, -0.15) is 9.61 Å². The van der Waals surface area contributed by atoms with Crippen LogP contribution in [0.5, 0.6) is 0 Å². The Bertz CT molecular complexity index is 1390. The molecule has 2 aromatic heterocycles. The first-order valence-corrected chi connectivity index (χ1v) is 12.1. The molecule has 1 aliphatic rings. The number of aryl methyl sites for hydroxylation is 1. The van der Waals surface area contributed by atoms with Gasteiger partial charge in [0.25, 0.3) is 11.5 Å². The number of rotatable bonds is 5. The highest BCUT2D eigenvalue weighted by Crippen LogP contribution is 2.23. The van der Waals surface area contributed by atoms with Crippen LogP contribution >= 0.6 is 11.8 Å². The highest BCUT2D eigenvalue weighted by Gasteiger charge is 2.26. The lowest BCUT2D eigenvalue weighted by Crippen LogP contribution is -2.38. The highest BCUT2D eigenvalue weighted by molar-refractivity contribution is 7.98. The topological polar surface area (TPSA) is 71.6 Å². The Kier molecular flexibility index (Phi) is 5.78. The number of thioether (sulfide) groups is 1. The maximum absolute atomic E-state index is 13.3. The van der Waals surface area contributed by atoms with Crippen molar-refractivity contribution < 1.29 is 4.79 Å². The van der Waals surface area contributed by atoms with Crippen LogP contribution in [0.3, 0.4) is 0 Å². The van der Waals surface area contributed by atoms with E-state index in [4.69, 9.17) is 0 Å². The molecule has 1 aliphatic heterocycles. The number of fused-ring (bicyclic) bond motifs is 2. The molecule has 2 aromatic carbocycles. The van der Waals surface area contributed by atoms with Crippen molar-refractivity contribution in [2.75, 3.05) is 18.1 Å². The number of amides is 1. The first kappa shape index (κ1) is 21.5. The molecule has 168 valence electrons. The fourth-order valence-electron chi connectivity index (χ4n) is 4.48. The van der Waals surface area contributed by atoms with Crippen LogP contribution in [0.4, 0.5) is 5.69 Å². The highest BCUT2D eigenvalue weighted by atomic mass is 32.2. The molecular formula is C25H25N5O2S. The Morgan fingerprint density at radius 1 is 1.15 bits per heavy atom. The number of nitrogens with zero attached hydrogens (tertiary/aromatic N) is 4. The van der Waals surface area contributed by atoms with Crippen molar-refractivity contribution in [3.8, 4) is 0 Å². The standard InChI is InChI=1S/C25H25N5O2S/c1-28-22-11-12-29(15-17-7-4-3-5-8-17)16-21(22)25(32)30-24(28)20(14-26-30)23(31)27-18-9-6-10-19(13-18)33-2/h3-10,13-14H,11-12,15-16H2,1-2H3,(H,27,31). The summed E-state index contributed by atoms with van der Waals surface area (Å²) in [5.74, 6) is -0.278. The largest absolute Gasteiger partial charge is 0.332 e. The Hall–Kier alpha value is -3.36. The van der Waals surface area contributed by atoms with Crippen molar-refractivity contribution in [1.82, 2.24) is 19.1 Å². The molecule has 0 spiro atoms. The Labute approximate surface area is 196 Å². The number of carbonyl (C=O) groups excluding carboxylic acids is 1. The summed E-state index contributed by atoms with van der Waals surface area (Å²) in [5.41, 5.74) is 4.41. The first-order valence-electron chi connectivity index (χ1n) is 10.9. The minimum absolute atomic E-state index is 0.153. The molecule has 1 amide bonds. The number of benzene rings is 2. The first-order chi connectivity index (χ1) is 16.0. The lowest BCUT2D eigenvalue weighted by atomic mass is 10.1. The monoisotopic (exact) mass is 459 g/mol. The fourth-order valence-corrected chi connectivity index (χ4v) is 4.93. The molecule has 5 rings (SSSR count). The van der Waals surface area contributed by atoms with Crippen LogP contribution in [0.1, 0.15) is 27.2 Å². The van der Waals surface area contributed by atoms with Gasteiger partial charge in [0, 0.05) is 49.4 Å². The van der Waals surface area contributed by atoms with Crippen LogP contribution in [0.15, 0.2) is 70.5 Å². The van der Waals surface area contributed by atoms with E-state index in [-0.39, 0.29) is 11.5 Å². The van der Waals surface area contributed by atoms with Crippen LogP contribution in [-0.2, 0) is 26.6 Å². The van der Waals surface area contributed by atoms with Gasteiger partial charge in [0.1, 0.15) is 5.56 Å². The van der Waals surface area contributed by atoms with Gasteiger partial charge in [-0.05, 0) is 30.0 Å². The third kappa shape index (κ3) is 4.07. The van der Waals surface area contributed by atoms with E-state index in [1.807, 2.05) is 60.3 Å². The van der Waals surface area contributed by atoms with Gasteiger partial charge < -0.3 is 9.88 Å². The van der Waals surface area contributed by atoms with Gasteiger partial charge in [-0.1, -0.05) is 36.4 Å². The zero-order valence-electron chi connectivity index (χ0n) is 18.6. The average Bonchev–Trinajstić information content (AvgIpc) is 3.29. The van der Waals surface area contributed by atoms with Crippen molar-refractivity contribution in [3.63, 3.8) is 0 Å². The smallest absolute Gasteiger partial charge is 0.279 e. The summed E-state index contributed by atoms with van der Waals surface area (Å²) in [5, 5.41) is 7.24. The number of hydrogen-bond acceptors (Lipinski definition) is 5. The summed E-state index contributed by atoms with van der Waals surface area (Å²) in [6, 6.07) is 18.0. The number of nitrogens with one attached hydrogen (secondary N) is 1. The second kappa shape index (κ2) is 8.88. The number of carbonyl (C=O) groups is 1. The molecule has 0 bridgehead atoms. The third-order valence-electron chi connectivity index (χ3n) is 6.13. The molecule has 0 unspecified atom stereocenters. The molecule has 0 atom stereocenters. The van der Waals surface area contributed by atoms with Gasteiger partial charge in [-0.25, -0.2) is 0 Å². The van der Waals surface area contributed by atoms with Crippen molar-refractivity contribution >= 4 is 29.0 Å². The van der Waals surface area contributed by atoms with Gasteiger partial charge in [0.15, 0.2) is 5.65 Å². The molecular weight excluding hydrogens is 434 g/mol. The second-order valence-corrected chi connectivity index (χ2v) is 9.10. The summed E-state index contributed by atoms with van der Waals surface area (Å²) in [4.78, 5) is 29.8. The van der Waals surface area contributed by atoms with Crippen LogP contribution in [0.25, 0.3) is 5.65 Å². The maximum Gasteiger partial charge on any atom is 0.279 e. The van der Waals surface area contributed by atoms with Gasteiger partial charge >= 0.3 is 0 Å². The molecule has 33 heavy (non-hydrogen) atoms. The van der Waals surface area contributed by atoms with Gasteiger partial charge in [0.05, 0.1) is 11.8 Å². The van der Waals surface area contributed by atoms with Crippen LogP contribution in [0.2, 0.25) is 0 Å². The Morgan fingerprint density at radius 3 is 2.76 bits per heavy atom. The molecule has 3 heterocycles. The van der Waals surface area contributed by atoms with E-state index >= 15 is 0 Å². The van der Waals surface area contributed by atoms with E-state index in [1.165, 1.54) is 16.3 Å². The van der Waals surface area contributed by atoms with Crippen molar-refractivity contribution in [1.29, 1.82) is 0 Å². The molecule has 0 aliphatic carbocycles. The Morgan fingerprint density at radius 2 is 1.97 bits per heavy atom. The van der Waals surface area contributed by atoms with E-state index in [9.17, 15) is 9.59 Å². The molecule has 7 nitrogen and oxygen atoms in total. The van der Waals surface area contributed by atoms with Gasteiger partial charge in [0.2, 0.25) is 0 Å². The summed E-state index contributed by atoms with van der Waals surface area (Å²) < 4.78 is 3.31. The fraction of sp³-hybridized carbons (Fsp3) is 0.240.